The maximum atomic E-state index is 6.34. The van der Waals surface area contributed by atoms with Gasteiger partial charge in [-0.25, -0.2) is 0 Å². The van der Waals surface area contributed by atoms with Gasteiger partial charge in [-0.1, -0.05) is 17.7 Å². The molecular formula is C16H24N2. The van der Waals surface area contributed by atoms with Crippen molar-refractivity contribution in [2.75, 3.05) is 18.0 Å². The van der Waals surface area contributed by atoms with Crippen LogP contribution < -0.4 is 10.6 Å². The second-order valence-electron chi connectivity index (χ2n) is 6.19. The Balaban J connectivity index is 1.71. The Bertz CT molecular complexity index is 435. The molecule has 98 valence electrons. The molecule has 0 amide bonds. The van der Waals surface area contributed by atoms with Crippen LogP contribution in [0.5, 0.6) is 0 Å². The number of fused-ring (bicyclic) bond motifs is 1. The van der Waals surface area contributed by atoms with E-state index in [1.54, 1.807) is 0 Å². The van der Waals surface area contributed by atoms with Gasteiger partial charge in [0.2, 0.25) is 0 Å². The van der Waals surface area contributed by atoms with Gasteiger partial charge in [0.15, 0.2) is 0 Å². The molecule has 3 rings (SSSR count). The average Bonchev–Trinajstić information content (AvgIpc) is 2.33. The topological polar surface area (TPSA) is 29.3 Å². The van der Waals surface area contributed by atoms with Crippen LogP contribution in [0.4, 0.5) is 5.69 Å². The molecule has 0 unspecified atom stereocenters. The summed E-state index contributed by atoms with van der Waals surface area (Å²) in [7, 11) is 0. The summed E-state index contributed by atoms with van der Waals surface area (Å²) in [4.78, 5) is 2.55. The van der Waals surface area contributed by atoms with Gasteiger partial charge in [0.1, 0.15) is 0 Å². The molecule has 0 radical (unpaired) electrons. The minimum atomic E-state index is 0.155. The third-order valence-electron chi connectivity index (χ3n) is 4.68. The fraction of sp³-hybridized carbons (Fsp3) is 0.625. The van der Waals surface area contributed by atoms with Gasteiger partial charge in [-0.2, -0.15) is 0 Å². The fourth-order valence-electron chi connectivity index (χ4n) is 3.27. The van der Waals surface area contributed by atoms with Crippen molar-refractivity contribution in [1.82, 2.24) is 0 Å². The minimum absolute atomic E-state index is 0.155. The van der Waals surface area contributed by atoms with E-state index in [1.165, 1.54) is 55.5 Å². The van der Waals surface area contributed by atoms with Gasteiger partial charge >= 0.3 is 0 Å². The highest BCUT2D eigenvalue weighted by Crippen LogP contribution is 2.34. The fourth-order valence-corrected chi connectivity index (χ4v) is 3.27. The largest absolute Gasteiger partial charge is 0.371 e. The molecule has 2 aliphatic rings. The van der Waals surface area contributed by atoms with E-state index in [4.69, 9.17) is 5.73 Å². The summed E-state index contributed by atoms with van der Waals surface area (Å²) >= 11 is 0. The van der Waals surface area contributed by atoms with E-state index in [2.05, 4.69) is 30.0 Å². The van der Waals surface area contributed by atoms with Crippen LogP contribution in [0.1, 0.15) is 43.2 Å². The standard InChI is InChI=1S/C16H24N2/c1-13-5-6-15-14(12-13)4-2-10-18(15)11-9-16(17)7-3-8-16/h5-6,12H,2-4,7-11,17H2,1H3. The zero-order chi connectivity index (χ0) is 12.6. The third-order valence-corrected chi connectivity index (χ3v) is 4.68. The lowest BCUT2D eigenvalue weighted by molar-refractivity contribution is 0.233. The summed E-state index contributed by atoms with van der Waals surface area (Å²) in [5.41, 5.74) is 10.9. The van der Waals surface area contributed by atoms with Crippen LogP contribution in [0, 0.1) is 6.92 Å². The van der Waals surface area contributed by atoms with E-state index in [0.29, 0.717) is 0 Å². The quantitative estimate of drug-likeness (QED) is 0.885. The van der Waals surface area contributed by atoms with E-state index in [-0.39, 0.29) is 5.54 Å². The Morgan fingerprint density at radius 1 is 1.28 bits per heavy atom. The van der Waals surface area contributed by atoms with Crippen LogP contribution in [0.2, 0.25) is 0 Å². The summed E-state index contributed by atoms with van der Waals surface area (Å²) in [5.74, 6) is 0. The maximum absolute atomic E-state index is 6.34. The summed E-state index contributed by atoms with van der Waals surface area (Å²) in [5, 5.41) is 0. The Morgan fingerprint density at radius 3 is 2.83 bits per heavy atom. The highest BCUT2D eigenvalue weighted by Gasteiger charge is 2.32. The summed E-state index contributed by atoms with van der Waals surface area (Å²) in [6.45, 7) is 4.52. The molecule has 1 fully saturated rings. The predicted molar refractivity (Wildman–Crippen MR) is 77.1 cm³/mol. The molecule has 2 nitrogen and oxygen atoms in total. The molecule has 1 aromatic rings. The summed E-state index contributed by atoms with van der Waals surface area (Å²) < 4.78 is 0. The lowest BCUT2D eigenvalue weighted by atomic mass is 9.75. The highest BCUT2D eigenvalue weighted by molar-refractivity contribution is 5.56. The molecule has 2 N–H and O–H groups in total. The minimum Gasteiger partial charge on any atom is -0.371 e. The van der Waals surface area contributed by atoms with Crippen LogP contribution in [-0.2, 0) is 6.42 Å². The molecule has 0 saturated heterocycles. The zero-order valence-corrected chi connectivity index (χ0v) is 11.4. The molecule has 1 saturated carbocycles. The number of hydrogen-bond donors (Lipinski definition) is 1. The van der Waals surface area contributed by atoms with Crippen molar-refractivity contribution in [3.8, 4) is 0 Å². The van der Waals surface area contributed by atoms with Crippen LogP contribution in [0.15, 0.2) is 18.2 Å². The Labute approximate surface area is 110 Å². The highest BCUT2D eigenvalue weighted by atomic mass is 15.1. The normalized spacial score (nSPS) is 21.3. The number of anilines is 1. The Hall–Kier alpha value is -1.02. The van der Waals surface area contributed by atoms with Gasteiger partial charge in [0, 0.05) is 24.3 Å². The van der Waals surface area contributed by atoms with Gasteiger partial charge in [-0.3, -0.25) is 0 Å². The lowest BCUT2D eigenvalue weighted by Gasteiger charge is -2.41. The van der Waals surface area contributed by atoms with Crippen LogP contribution in [-0.4, -0.2) is 18.6 Å². The second kappa shape index (κ2) is 4.58. The summed E-state index contributed by atoms with van der Waals surface area (Å²) in [6, 6.07) is 6.88. The number of rotatable bonds is 3. The van der Waals surface area contributed by atoms with Crippen LogP contribution in [0.3, 0.4) is 0 Å². The first kappa shape index (κ1) is 12.0. The van der Waals surface area contributed by atoms with Gasteiger partial charge in [0.25, 0.3) is 0 Å². The molecule has 1 heterocycles. The number of nitrogens with two attached hydrogens (primary N) is 1. The maximum Gasteiger partial charge on any atom is 0.0398 e. The van der Waals surface area contributed by atoms with Crippen molar-refractivity contribution in [3.05, 3.63) is 29.3 Å². The second-order valence-corrected chi connectivity index (χ2v) is 6.19. The lowest BCUT2D eigenvalue weighted by Crippen LogP contribution is -2.49. The van der Waals surface area contributed by atoms with Crippen molar-refractivity contribution in [3.63, 3.8) is 0 Å². The smallest absolute Gasteiger partial charge is 0.0398 e. The number of benzene rings is 1. The molecular weight excluding hydrogens is 220 g/mol. The van der Waals surface area contributed by atoms with E-state index in [9.17, 15) is 0 Å². The Morgan fingerprint density at radius 2 is 2.11 bits per heavy atom. The van der Waals surface area contributed by atoms with E-state index in [1.807, 2.05) is 0 Å². The van der Waals surface area contributed by atoms with Gasteiger partial charge in [-0.05, 0) is 57.1 Å². The molecule has 0 aromatic heterocycles. The van der Waals surface area contributed by atoms with Crippen molar-refractivity contribution < 1.29 is 0 Å². The van der Waals surface area contributed by atoms with Crippen molar-refractivity contribution >= 4 is 5.69 Å². The number of hydrogen-bond acceptors (Lipinski definition) is 2. The molecule has 0 spiro atoms. The van der Waals surface area contributed by atoms with Crippen molar-refractivity contribution in [2.24, 2.45) is 5.73 Å². The van der Waals surface area contributed by atoms with Gasteiger partial charge in [-0.15, -0.1) is 0 Å². The van der Waals surface area contributed by atoms with Crippen molar-refractivity contribution in [2.45, 2.75) is 51.0 Å². The molecule has 18 heavy (non-hydrogen) atoms. The van der Waals surface area contributed by atoms with Gasteiger partial charge in [0.05, 0.1) is 0 Å². The first-order valence-corrected chi connectivity index (χ1v) is 7.30. The summed E-state index contributed by atoms with van der Waals surface area (Å²) in [6.07, 6.45) is 7.45. The first-order valence-electron chi connectivity index (χ1n) is 7.30. The number of nitrogens with zero attached hydrogens (tertiary/aromatic N) is 1. The number of aryl methyl sites for hydroxylation is 2. The molecule has 2 heteroatoms. The molecule has 0 atom stereocenters. The average molecular weight is 244 g/mol. The molecule has 0 bridgehead atoms. The van der Waals surface area contributed by atoms with E-state index >= 15 is 0 Å². The first-order chi connectivity index (χ1) is 8.66. The monoisotopic (exact) mass is 244 g/mol. The van der Waals surface area contributed by atoms with Crippen LogP contribution >= 0.6 is 0 Å². The molecule has 1 aliphatic carbocycles. The zero-order valence-electron chi connectivity index (χ0n) is 11.4. The van der Waals surface area contributed by atoms with Crippen molar-refractivity contribution in [1.29, 1.82) is 0 Å². The Kier molecular flexibility index (Phi) is 3.06. The molecule has 1 aliphatic heterocycles. The van der Waals surface area contributed by atoms with E-state index < -0.39 is 0 Å². The molecule has 1 aromatic carbocycles. The van der Waals surface area contributed by atoms with Gasteiger partial charge < -0.3 is 10.6 Å². The van der Waals surface area contributed by atoms with E-state index in [0.717, 1.165) is 13.0 Å². The SMILES string of the molecule is Cc1ccc2c(c1)CCCN2CCC1(N)CCC1. The third kappa shape index (κ3) is 2.26. The van der Waals surface area contributed by atoms with Crippen LogP contribution in [0.25, 0.3) is 0 Å². The predicted octanol–water partition coefficient (Wildman–Crippen LogP) is 3.02.